The molecule has 2 aliphatic rings. The molecule has 0 radical (unpaired) electrons. The molecule has 0 aromatic rings. The van der Waals surface area contributed by atoms with Gasteiger partial charge >= 0.3 is 0 Å². The van der Waals surface area contributed by atoms with Crippen molar-refractivity contribution in [3.63, 3.8) is 0 Å². The summed E-state index contributed by atoms with van der Waals surface area (Å²) in [7, 11) is 0. The number of aliphatic hydroxyl groups excluding tert-OH is 1. The van der Waals surface area contributed by atoms with E-state index in [1.165, 1.54) is 0 Å². The first-order valence-electron chi connectivity index (χ1n) is 3.00. The summed E-state index contributed by atoms with van der Waals surface area (Å²) in [5.74, 6) is 0. The van der Waals surface area contributed by atoms with Gasteiger partial charge in [-0.3, -0.25) is 0 Å². The van der Waals surface area contributed by atoms with E-state index in [9.17, 15) is 0 Å². The lowest BCUT2D eigenvalue weighted by atomic mass is 10.2. The van der Waals surface area contributed by atoms with Gasteiger partial charge in [0.15, 0.2) is 6.29 Å². The monoisotopic (exact) mass is 128 g/mol. The quantitative estimate of drug-likeness (QED) is 0.453. The molecule has 0 saturated carbocycles. The van der Waals surface area contributed by atoms with Crippen LogP contribution in [0, 0.1) is 0 Å². The number of rotatable bonds is 0. The second kappa shape index (κ2) is 1.80. The van der Waals surface area contributed by atoms with Crippen molar-refractivity contribution < 1.29 is 14.6 Å². The van der Waals surface area contributed by atoms with Gasteiger partial charge in [0.25, 0.3) is 0 Å². The smallest absolute Gasteiger partial charge is 0.177 e. The Balaban J connectivity index is 2.19. The third kappa shape index (κ3) is 0.775. The predicted molar refractivity (Wildman–Crippen MR) is 29.8 cm³/mol. The Hall–Kier alpha value is -0.380. The Labute approximate surface area is 52.9 Å². The van der Waals surface area contributed by atoms with Gasteiger partial charge in [-0.25, -0.2) is 0 Å². The maximum Gasteiger partial charge on any atom is 0.177 e. The van der Waals surface area contributed by atoms with Crippen LogP contribution in [0.15, 0.2) is 12.2 Å². The second-order valence-corrected chi connectivity index (χ2v) is 2.25. The number of hydrogen-bond acceptors (Lipinski definition) is 3. The average Bonchev–Trinajstić information content (AvgIpc) is 2.25. The Morgan fingerprint density at radius 3 is 3.11 bits per heavy atom. The summed E-state index contributed by atoms with van der Waals surface area (Å²) in [5.41, 5.74) is 0. The molecule has 2 rings (SSSR count). The number of hydrogen-bond donors (Lipinski definition) is 1. The van der Waals surface area contributed by atoms with Gasteiger partial charge in [-0.1, -0.05) is 6.08 Å². The van der Waals surface area contributed by atoms with Crippen LogP contribution >= 0.6 is 0 Å². The van der Waals surface area contributed by atoms with Crippen LogP contribution in [-0.4, -0.2) is 30.2 Å². The molecule has 9 heavy (non-hydrogen) atoms. The van der Waals surface area contributed by atoms with E-state index in [1.54, 1.807) is 12.2 Å². The molecule has 2 unspecified atom stereocenters. The number of ether oxygens (including phenoxy) is 2. The van der Waals surface area contributed by atoms with E-state index in [2.05, 4.69) is 0 Å². The standard InChI is InChI=1S/C6H8O3/c7-4-1-2-6-8-3-5(4)9-6/h1-2,4-7H,3H2/t4-,5?,6?/m1/s1. The zero-order valence-electron chi connectivity index (χ0n) is 4.86. The molecular formula is C6H8O3. The minimum absolute atomic E-state index is 0.125. The van der Waals surface area contributed by atoms with Gasteiger partial charge in [-0.05, 0) is 6.08 Å². The zero-order chi connectivity index (χ0) is 6.27. The summed E-state index contributed by atoms with van der Waals surface area (Å²) in [5, 5.41) is 9.10. The normalized spacial score (nSPS) is 47.9. The van der Waals surface area contributed by atoms with Crippen molar-refractivity contribution in [3.8, 4) is 0 Å². The third-order valence-electron chi connectivity index (χ3n) is 1.58. The van der Waals surface area contributed by atoms with Crippen LogP contribution in [0.1, 0.15) is 0 Å². The SMILES string of the molecule is O[C@@H]1C=CC2OCC1O2. The first kappa shape index (κ1) is 5.41. The molecule has 2 heterocycles. The molecule has 0 aromatic carbocycles. The fourth-order valence-corrected chi connectivity index (χ4v) is 1.05. The van der Waals surface area contributed by atoms with E-state index < -0.39 is 6.10 Å². The van der Waals surface area contributed by atoms with E-state index in [-0.39, 0.29) is 12.4 Å². The first-order valence-corrected chi connectivity index (χ1v) is 3.00. The number of aliphatic hydroxyl groups is 1. The Bertz CT molecular complexity index is 143. The maximum atomic E-state index is 9.10. The van der Waals surface area contributed by atoms with E-state index >= 15 is 0 Å². The topological polar surface area (TPSA) is 38.7 Å². The highest BCUT2D eigenvalue weighted by molar-refractivity contribution is 5.02. The van der Waals surface area contributed by atoms with Crippen LogP contribution in [-0.2, 0) is 9.47 Å². The van der Waals surface area contributed by atoms with Crippen LogP contribution in [0.2, 0.25) is 0 Å². The Kier molecular flexibility index (Phi) is 1.08. The van der Waals surface area contributed by atoms with Crippen molar-refractivity contribution in [3.05, 3.63) is 12.2 Å². The van der Waals surface area contributed by atoms with Crippen molar-refractivity contribution >= 4 is 0 Å². The van der Waals surface area contributed by atoms with Crippen LogP contribution in [0.5, 0.6) is 0 Å². The molecule has 2 aliphatic heterocycles. The van der Waals surface area contributed by atoms with E-state index in [4.69, 9.17) is 14.6 Å². The molecule has 0 aliphatic carbocycles. The molecule has 0 spiro atoms. The maximum absolute atomic E-state index is 9.10. The molecule has 1 N–H and O–H groups in total. The van der Waals surface area contributed by atoms with Crippen LogP contribution in [0.3, 0.4) is 0 Å². The molecule has 0 amide bonds. The summed E-state index contributed by atoms with van der Waals surface area (Å²) in [4.78, 5) is 0. The van der Waals surface area contributed by atoms with Gasteiger partial charge in [0, 0.05) is 0 Å². The van der Waals surface area contributed by atoms with Crippen molar-refractivity contribution in [1.82, 2.24) is 0 Å². The van der Waals surface area contributed by atoms with E-state index in [1.807, 2.05) is 0 Å². The van der Waals surface area contributed by atoms with Gasteiger partial charge in [0.05, 0.1) is 6.61 Å². The molecule has 3 nitrogen and oxygen atoms in total. The predicted octanol–water partition coefficient (Wildman–Crippen LogP) is -0.341. The lowest BCUT2D eigenvalue weighted by Gasteiger charge is -2.16. The van der Waals surface area contributed by atoms with Crippen molar-refractivity contribution in [1.29, 1.82) is 0 Å². The Morgan fingerprint density at radius 1 is 1.44 bits per heavy atom. The highest BCUT2D eigenvalue weighted by Crippen LogP contribution is 2.20. The summed E-state index contributed by atoms with van der Waals surface area (Å²) >= 11 is 0. The van der Waals surface area contributed by atoms with Crippen LogP contribution in [0.4, 0.5) is 0 Å². The molecule has 50 valence electrons. The summed E-state index contributed by atoms with van der Waals surface area (Å²) in [6, 6.07) is 0. The molecule has 2 bridgehead atoms. The fraction of sp³-hybridized carbons (Fsp3) is 0.667. The lowest BCUT2D eigenvalue weighted by molar-refractivity contribution is -0.0529. The first-order chi connectivity index (χ1) is 4.36. The van der Waals surface area contributed by atoms with Crippen molar-refractivity contribution in [2.75, 3.05) is 6.61 Å². The lowest BCUT2D eigenvalue weighted by Crippen LogP contribution is -2.29. The number of fused-ring (bicyclic) bond motifs is 2. The summed E-state index contributed by atoms with van der Waals surface area (Å²) in [6.45, 7) is 0.513. The molecule has 1 saturated heterocycles. The largest absolute Gasteiger partial charge is 0.386 e. The summed E-state index contributed by atoms with van der Waals surface area (Å²) < 4.78 is 10.2. The van der Waals surface area contributed by atoms with Crippen molar-refractivity contribution in [2.45, 2.75) is 18.5 Å². The minimum atomic E-state index is -0.469. The van der Waals surface area contributed by atoms with E-state index in [0.717, 1.165) is 0 Å². The van der Waals surface area contributed by atoms with Crippen LogP contribution < -0.4 is 0 Å². The van der Waals surface area contributed by atoms with Gasteiger partial charge in [0.2, 0.25) is 0 Å². The molecule has 3 atom stereocenters. The van der Waals surface area contributed by atoms with E-state index in [0.29, 0.717) is 6.61 Å². The zero-order valence-corrected chi connectivity index (χ0v) is 4.86. The van der Waals surface area contributed by atoms with Gasteiger partial charge in [-0.15, -0.1) is 0 Å². The fourth-order valence-electron chi connectivity index (χ4n) is 1.05. The van der Waals surface area contributed by atoms with Gasteiger partial charge < -0.3 is 14.6 Å². The molecular weight excluding hydrogens is 120 g/mol. The molecule has 1 fully saturated rings. The highest BCUT2D eigenvalue weighted by atomic mass is 16.7. The average molecular weight is 128 g/mol. The molecule has 3 heteroatoms. The Morgan fingerprint density at radius 2 is 2.33 bits per heavy atom. The third-order valence-corrected chi connectivity index (χ3v) is 1.58. The highest BCUT2D eigenvalue weighted by Gasteiger charge is 2.32. The second-order valence-electron chi connectivity index (χ2n) is 2.25. The van der Waals surface area contributed by atoms with Gasteiger partial charge in [0.1, 0.15) is 12.2 Å². The molecule has 0 aromatic heterocycles. The van der Waals surface area contributed by atoms with Crippen molar-refractivity contribution in [2.24, 2.45) is 0 Å². The minimum Gasteiger partial charge on any atom is -0.386 e. The van der Waals surface area contributed by atoms with Gasteiger partial charge in [-0.2, -0.15) is 0 Å². The van der Waals surface area contributed by atoms with Crippen LogP contribution in [0.25, 0.3) is 0 Å². The summed E-state index contributed by atoms with van der Waals surface area (Å²) in [6.07, 6.45) is 2.65.